The minimum atomic E-state index is -3.62. The van der Waals surface area contributed by atoms with Crippen LogP contribution in [0.5, 0.6) is 0 Å². The van der Waals surface area contributed by atoms with E-state index in [2.05, 4.69) is 19.7 Å². The summed E-state index contributed by atoms with van der Waals surface area (Å²) in [6.45, 7) is 2.28. The van der Waals surface area contributed by atoms with E-state index < -0.39 is 10.0 Å². The minimum Gasteiger partial charge on any atom is -0.378 e. The first-order chi connectivity index (χ1) is 16.0. The van der Waals surface area contributed by atoms with E-state index in [4.69, 9.17) is 4.74 Å². The molecule has 1 saturated carbocycles. The highest BCUT2D eigenvalue weighted by atomic mass is 32.2. The molecule has 0 amide bonds. The van der Waals surface area contributed by atoms with Crippen LogP contribution >= 0.6 is 0 Å². The summed E-state index contributed by atoms with van der Waals surface area (Å²) in [5, 5.41) is 0. The van der Waals surface area contributed by atoms with E-state index in [1.54, 1.807) is 48.8 Å². The van der Waals surface area contributed by atoms with Crippen molar-refractivity contribution < 1.29 is 17.9 Å². The summed E-state index contributed by atoms with van der Waals surface area (Å²) in [4.78, 5) is 28.8. The Hall–Kier alpha value is -3.21. The molecule has 10 heteroatoms. The van der Waals surface area contributed by atoms with Gasteiger partial charge in [0.25, 0.3) is 0 Å². The number of nitrogens with zero attached hydrogens (tertiary/aromatic N) is 4. The van der Waals surface area contributed by atoms with Crippen LogP contribution in [-0.4, -0.2) is 61.5 Å². The van der Waals surface area contributed by atoms with Gasteiger partial charge in [0.05, 0.1) is 30.0 Å². The second-order valence-corrected chi connectivity index (χ2v) is 9.74. The molecule has 2 aliphatic rings. The van der Waals surface area contributed by atoms with E-state index >= 15 is 0 Å². The smallest absolute Gasteiger partial charge is 0.240 e. The van der Waals surface area contributed by atoms with Gasteiger partial charge in [0.15, 0.2) is 11.5 Å². The van der Waals surface area contributed by atoms with Crippen LogP contribution in [0.15, 0.2) is 59.9 Å². The van der Waals surface area contributed by atoms with Crippen molar-refractivity contribution in [1.29, 1.82) is 0 Å². The average molecular weight is 466 g/mol. The highest BCUT2D eigenvalue weighted by Crippen LogP contribution is 2.27. The molecule has 3 aromatic rings. The third kappa shape index (κ3) is 4.77. The number of carbonyl (C=O) groups excluding carboxylic acids is 1. The van der Waals surface area contributed by atoms with Crippen molar-refractivity contribution in [3.05, 3.63) is 66.2 Å². The van der Waals surface area contributed by atoms with Gasteiger partial charge in [-0.2, -0.15) is 0 Å². The number of aromatic nitrogens is 3. The second-order valence-electron chi connectivity index (χ2n) is 8.02. The van der Waals surface area contributed by atoms with E-state index in [9.17, 15) is 13.2 Å². The van der Waals surface area contributed by atoms with Crippen molar-refractivity contribution in [2.45, 2.75) is 23.8 Å². The van der Waals surface area contributed by atoms with Gasteiger partial charge < -0.3 is 9.64 Å². The standard InChI is InChI=1S/C23H23N5O4S/c29-22(17-4-2-8-24-14-17)21-23(28-9-11-32-12-10-28)25-15-20(26-21)16-3-1-5-19(13-16)33(30,31)27-18-6-7-18/h1-5,8,13-15,18,27H,6-7,9-12H2. The first-order valence-corrected chi connectivity index (χ1v) is 12.3. The number of ketones is 1. The van der Waals surface area contributed by atoms with Crippen molar-refractivity contribution in [2.24, 2.45) is 0 Å². The lowest BCUT2D eigenvalue weighted by molar-refractivity contribution is 0.103. The Morgan fingerprint density at radius 1 is 1.09 bits per heavy atom. The molecule has 1 N–H and O–H groups in total. The van der Waals surface area contributed by atoms with Crippen LogP contribution in [0.4, 0.5) is 5.82 Å². The fourth-order valence-corrected chi connectivity index (χ4v) is 4.98. The topological polar surface area (TPSA) is 114 Å². The molecule has 0 atom stereocenters. The van der Waals surface area contributed by atoms with E-state index in [1.165, 1.54) is 6.20 Å². The van der Waals surface area contributed by atoms with Gasteiger partial charge in [0, 0.05) is 42.7 Å². The Labute approximate surface area is 191 Å². The van der Waals surface area contributed by atoms with Gasteiger partial charge in [0.1, 0.15) is 0 Å². The number of morpholine rings is 1. The molecule has 1 aromatic carbocycles. The molecule has 1 aliphatic heterocycles. The Bertz CT molecular complexity index is 1270. The van der Waals surface area contributed by atoms with Gasteiger partial charge in [-0.25, -0.2) is 23.1 Å². The van der Waals surface area contributed by atoms with Crippen LogP contribution in [0.25, 0.3) is 11.3 Å². The van der Waals surface area contributed by atoms with Gasteiger partial charge in [0.2, 0.25) is 15.8 Å². The number of pyridine rings is 1. The molecule has 2 aromatic heterocycles. The van der Waals surface area contributed by atoms with Crippen molar-refractivity contribution in [3.8, 4) is 11.3 Å². The number of ether oxygens (including phenoxy) is 1. The summed E-state index contributed by atoms with van der Waals surface area (Å²) in [7, 11) is -3.62. The summed E-state index contributed by atoms with van der Waals surface area (Å²) >= 11 is 0. The molecule has 1 aliphatic carbocycles. The predicted octanol–water partition coefficient (Wildman–Crippen LogP) is 2.05. The van der Waals surface area contributed by atoms with Crippen LogP contribution in [0.3, 0.4) is 0 Å². The number of sulfonamides is 1. The molecule has 1 saturated heterocycles. The SMILES string of the molecule is O=C(c1cccnc1)c1nc(-c2cccc(S(=O)(=O)NC3CC3)c2)cnc1N1CCOCC1. The molecule has 0 unspecified atom stereocenters. The van der Waals surface area contributed by atoms with Crippen molar-refractivity contribution in [2.75, 3.05) is 31.2 Å². The Morgan fingerprint density at radius 2 is 1.91 bits per heavy atom. The Kier molecular flexibility index (Phi) is 5.88. The minimum absolute atomic E-state index is 0.00922. The lowest BCUT2D eigenvalue weighted by Crippen LogP contribution is -2.38. The molecule has 0 spiro atoms. The Morgan fingerprint density at radius 3 is 2.64 bits per heavy atom. The third-order valence-corrected chi connectivity index (χ3v) is 7.06. The average Bonchev–Trinajstić information content (AvgIpc) is 3.68. The van der Waals surface area contributed by atoms with E-state index in [0.717, 1.165) is 12.8 Å². The summed E-state index contributed by atoms with van der Waals surface area (Å²) in [6.07, 6.45) is 6.38. The van der Waals surface area contributed by atoms with Crippen LogP contribution < -0.4 is 9.62 Å². The van der Waals surface area contributed by atoms with Gasteiger partial charge in [-0.15, -0.1) is 0 Å². The highest BCUT2D eigenvalue weighted by Gasteiger charge is 2.28. The molecular weight excluding hydrogens is 442 g/mol. The van der Waals surface area contributed by atoms with Crippen LogP contribution in [0, 0.1) is 0 Å². The first kappa shape index (κ1) is 21.6. The third-order valence-electron chi connectivity index (χ3n) is 5.54. The quantitative estimate of drug-likeness (QED) is 0.528. The number of carbonyl (C=O) groups is 1. The summed E-state index contributed by atoms with van der Waals surface area (Å²) in [6, 6.07) is 9.91. The molecule has 2 fully saturated rings. The fraction of sp³-hybridized carbons (Fsp3) is 0.304. The highest BCUT2D eigenvalue weighted by molar-refractivity contribution is 7.89. The van der Waals surface area contributed by atoms with Crippen molar-refractivity contribution in [1.82, 2.24) is 19.7 Å². The molecule has 9 nitrogen and oxygen atoms in total. The molecule has 33 heavy (non-hydrogen) atoms. The van der Waals surface area contributed by atoms with Gasteiger partial charge in [-0.05, 0) is 37.1 Å². The van der Waals surface area contributed by atoms with Crippen LogP contribution in [0.1, 0.15) is 28.9 Å². The summed E-state index contributed by atoms with van der Waals surface area (Å²) in [5.74, 6) is 0.188. The maximum atomic E-state index is 13.3. The fourth-order valence-electron chi connectivity index (χ4n) is 3.63. The second kappa shape index (κ2) is 8.97. The number of benzene rings is 1. The number of rotatable bonds is 7. The lowest BCUT2D eigenvalue weighted by atomic mass is 10.1. The maximum absolute atomic E-state index is 13.3. The normalized spacial score (nSPS) is 16.5. The largest absolute Gasteiger partial charge is 0.378 e. The van der Waals surface area contributed by atoms with E-state index in [1.807, 2.05) is 4.90 Å². The monoisotopic (exact) mass is 465 g/mol. The molecule has 5 rings (SSSR count). The molecule has 3 heterocycles. The number of hydrogen-bond acceptors (Lipinski definition) is 8. The molecular formula is C23H23N5O4S. The first-order valence-electron chi connectivity index (χ1n) is 10.8. The zero-order valence-electron chi connectivity index (χ0n) is 17.8. The van der Waals surface area contributed by atoms with Crippen LogP contribution in [0.2, 0.25) is 0 Å². The summed E-state index contributed by atoms with van der Waals surface area (Å²) in [5.41, 5.74) is 1.59. The van der Waals surface area contributed by atoms with Crippen molar-refractivity contribution >= 4 is 21.6 Å². The van der Waals surface area contributed by atoms with Crippen LogP contribution in [-0.2, 0) is 14.8 Å². The Balaban J connectivity index is 1.55. The van der Waals surface area contributed by atoms with E-state index in [-0.39, 0.29) is 22.4 Å². The number of hydrogen-bond donors (Lipinski definition) is 1. The zero-order chi connectivity index (χ0) is 22.8. The molecule has 0 radical (unpaired) electrons. The van der Waals surface area contributed by atoms with Gasteiger partial charge >= 0.3 is 0 Å². The number of nitrogens with one attached hydrogen (secondary N) is 1. The number of anilines is 1. The molecule has 170 valence electrons. The zero-order valence-corrected chi connectivity index (χ0v) is 18.7. The molecule has 0 bridgehead atoms. The summed E-state index contributed by atoms with van der Waals surface area (Å²) < 4.78 is 33.4. The van der Waals surface area contributed by atoms with Gasteiger partial charge in [-0.3, -0.25) is 9.78 Å². The maximum Gasteiger partial charge on any atom is 0.240 e. The van der Waals surface area contributed by atoms with E-state index in [0.29, 0.717) is 48.9 Å². The predicted molar refractivity (Wildman–Crippen MR) is 122 cm³/mol. The van der Waals surface area contributed by atoms with Crippen molar-refractivity contribution in [3.63, 3.8) is 0 Å². The lowest BCUT2D eigenvalue weighted by Gasteiger charge is -2.28. The van der Waals surface area contributed by atoms with Gasteiger partial charge in [-0.1, -0.05) is 12.1 Å².